The number of halogens is 11. The van der Waals surface area contributed by atoms with Crippen LogP contribution in [0.3, 0.4) is 0 Å². The maximum Gasteiger partial charge on any atom is 0.293 e. The summed E-state index contributed by atoms with van der Waals surface area (Å²) in [4.78, 5) is 56.5. The number of benzene rings is 11. The van der Waals surface area contributed by atoms with E-state index in [-0.39, 0.29) is 47.4 Å². The molecule has 3 N–H and O–H groups in total. The van der Waals surface area contributed by atoms with Crippen molar-refractivity contribution in [3.63, 3.8) is 0 Å². The minimum absolute atomic E-state index is 0. The van der Waals surface area contributed by atoms with Crippen molar-refractivity contribution < 1.29 is 50.0 Å². The molecule has 0 aliphatic carbocycles. The zero-order chi connectivity index (χ0) is 62.2. The molecule has 0 radical (unpaired) electrons. The number of carbonyl (C=O) groups excluding carboxylic acids is 3. The van der Waals surface area contributed by atoms with Gasteiger partial charge < -0.3 is 10.7 Å². The normalized spacial score (nSPS) is 10.6. The number of nitrogen functional groups attached to an aromatic ring is 1. The highest BCUT2D eigenvalue weighted by molar-refractivity contribution is 6.67. The molecule has 0 spiro atoms. The lowest BCUT2D eigenvalue weighted by molar-refractivity contribution is -0.383. The third-order valence-electron chi connectivity index (χ3n) is 13.0. The summed E-state index contributed by atoms with van der Waals surface area (Å²) in [6.45, 7) is 0. The monoisotopic (exact) mass is 1270 g/mol. The number of aromatic nitrogens is 4. The summed E-state index contributed by atoms with van der Waals surface area (Å²) in [6.07, 6.45) is 0.738. The number of nitrogens with zero attached hydrogens (tertiary/aromatic N) is 4. The molecule has 0 bridgehead atoms. The SMILES string of the molecule is C.Fc1ccc(-c2nc3ccc(Cl)cc3[nH]2)c2ccccc12.Nc1ccc(Cl)cc1[N+](=O)[O-].O=C(Cl)c1ccc(F)c(F)c1.O=C(c1ccc(F)c(F)c1)n1c(-c2ccc(F)c3ccccc23)nc2cc(Cl)ccc21.O=Cc1ccc(F)c2ccccc12. The largest absolute Gasteiger partial charge is 0.393 e. The number of hydrogen-bond acceptors (Lipinski definition) is 8. The molecule has 0 aliphatic heterocycles. The van der Waals surface area contributed by atoms with Gasteiger partial charge >= 0.3 is 0 Å². The maximum atomic E-state index is 14.4. The van der Waals surface area contributed by atoms with E-state index in [1.165, 1.54) is 59.2 Å². The average molecular weight is 1270 g/mol. The highest BCUT2D eigenvalue weighted by atomic mass is 35.5. The third-order valence-corrected chi connectivity index (χ3v) is 14.0. The van der Waals surface area contributed by atoms with Crippen molar-refractivity contribution in [2.75, 3.05) is 5.73 Å². The van der Waals surface area contributed by atoms with Crippen LogP contribution >= 0.6 is 46.4 Å². The van der Waals surface area contributed by atoms with Crippen LogP contribution in [0, 0.1) is 50.8 Å². The molecule has 0 aliphatic rings. The van der Waals surface area contributed by atoms with E-state index in [2.05, 4.69) is 15.0 Å². The average Bonchev–Trinajstić information content (AvgIpc) is 1.83. The van der Waals surface area contributed by atoms with Gasteiger partial charge in [0, 0.05) is 65.1 Å². The predicted octanol–water partition coefficient (Wildman–Crippen LogP) is 19.4. The molecule has 0 saturated carbocycles. The standard InChI is InChI=1S/C24H12ClF3N2O.C17H10ClFN2.C11H7FO.C7H3ClF2O.C6H5ClN2O2.CH4/c25-14-6-10-22-21(12-14)29-23(17-7-9-18(26)16-4-2-1-3-15(16)17)30(22)24(31)13-5-8-19(27)20(28)11-13;18-10-5-8-15-16(9-10)21-17(20-15)13-6-7-14(19)12-4-2-1-3-11(12)13;12-11-6-5-8(7-13)9-3-1-2-4-10(9)11;8-7(11)4-1-2-5(9)6(10)3-4;7-4-1-2-5(8)6(3-4)9(10)11;/h1-12H;1-9H,(H,20,21);1-7H;1-3H;1-3H,8H2;1H4. The lowest BCUT2D eigenvalue weighted by atomic mass is 10.0. The molecule has 22 heteroatoms. The molecule has 442 valence electrons. The molecule has 0 atom stereocenters. The molecule has 0 unspecified atom stereocenters. The van der Waals surface area contributed by atoms with Crippen molar-refractivity contribution in [2.45, 2.75) is 7.43 Å². The Hall–Kier alpha value is -9.98. The summed E-state index contributed by atoms with van der Waals surface area (Å²) in [5, 5.41) is 14.3. The van der Waals surface area contributed by atoms with Crippen LogP contribution in [0.2, 0.25) is 15.1 Å². The summed E-state index contributed by atoms with van der Waals surface area (Å²) in [5.41, 5.74) is 9.64. The number of aldehydes is 1. The number of rotatable bonds is 6. The van der Waals surface area contributed by atoms with Crippen molar-refractivity contribution in [1.29, 1.82) is 0 Å². The van der Waals surface area contributed by atoms with Crippen molar-refractivity contribution in [2.24, 2.45) is 0 Å². The molecular formula is C66H41Cl4F7N6O5. The molecule has 0 fully saturated rings. The maximum absolute atomic E-state index is 14.4. The van der Waals surface area contributed by atoms with Gasteiger partial charge in [0.15, 0.2) is 29.6 Å². The highest BCUT2D eigenvalue weighted by Gasteiger charge is 2.23. The summed E-state index contributed by atoms with van der Waals surface area (Å²) in [5.74, 6) is -4.83. The Morgan fingerprint density at radius 3 is 1.56 bits per heavy atom. The molecule has 11 nitrogen and oxygen atoms in total. The van der Waals surface area contributed by atoms with Gasteiger partial charge in [0.1, 0.15) is 34.8 Å². The van der Waals surface area contributed by atoms with Crippen LogP contribution in [-0.2, 0) is 0 Å². The van der Waals surface area contributed by atoms with Crippen molar-refractivity contribution in [1.82, 2.24) is 19.5 Å². The molecule has 2 aromatic heterocycles. The van der Waals surface area contributed by atoms with Crippen LogP contribution in [0.4, 0.5) is 42.1 Å². The van der Waals surface area contributed by atoms with Gasteiger partial charge in [-0.05, 0) is 149 Å². The fourth-order valence-electron chi connectivity index (χ4n) is 8.92. The molecular weight excluding hydrogens is 1230 g/mol. The van der Waals surface area contributed by atoms with Gasteiger partial charge in [0.25, 0.3) is 16.8 Å². The van der Waals surface area contributed by atoms with E-state index < -0.39 is 45.2 Å². The Labute approximate surface area is 515 Å². The van der Waals surface area contributed by atoms with Gasteiger partial charge in [0.2, 0.25) is 0 Å². The zero-order valence-electron chi connectivity index (χ0n) is 44.2. The molecule has 0 saturated heterocycles. The second-order valence-electron chi connectivity index (χ2n) is 18.5. The summed E-state index contributed by atoms with van der Waals surface area (Å²) in [6, 6.07) is 50.1. The zero-order valence-corrected chi connectivity index (χ0v) is 47.2. The van der Waals surface area contributed by atoms with E-state index in [0.717, 1.165) is 58.6 Å². The molecule has 0 amide bonds. The van der Waals surface area contributed by atoms with Crippen LogP contribution in [0.1, 0.15) is 38.5 Å². The Balaban J connectivity index is 0.000000152. The first kappa shape index (κ1) is 64.0. The van der Waals surface area contributed by atoms with Crippen LogP contribution in [-0.4, -0.2) is 41.9 Å². The smallest absolute Gasteiger partial charge is 0.293 e. The Morgan fingerprint density at radius 1 is 0.511 bits per heavy atom. The van der Waals surface area contributed by atoms with E-state index in [1.807, 2.05) is 30.3 Å². The molecule has 11 aromatic carbocycles. The Kier molecular flexibility index (Phi) is 20.4. The minimum Gasteiger partial charge on any atom is -0.393 e. The first-order chi connectivity index (χ1) is 41.7. The Bertz CT molecular complexity index is 4840. The van der Waals surface area contributed by atoms with Gasteiger partial charge in [0.05, 0.1) is 27.0 Å². The fraction of sp³-hybridized carbons (Fsp3) is 0.0152. The number of carbonyl (C=O) groups is 3. The van der Waals surface area contributed by atoms with Crippen LogP contribution in [0.25, 0.3) is 77.2 Å². The molecule has 88 heavy (non-hydrogen) atoms. The van der Waals surface area contributed by atoms with E-state index in [4.69, 9.17) is 52.1 Å². The summed E-state index contributed by atoms with van der Waals surface area (Å²) >= 11 is 22.6. The number of nitro groups is 1. The first-order valence-corrected chi connectivity index (χ1v) is 26.9. The number of nitro benzene ring substituents is 1. The molecule has 13 aromatic rings. The first-order valence-electron chi connectivity index (χ1n) is 25.4. The van der Waals surface area contributed by atoms with Crippen molar-refractivity contribution in [3.05, 3.63) is 283 Å². The van der Waals surface area contributed by atoms with Gasteiger partial charge in [-0.2, -0.15) is 0 Å². The van der Waals surface area contributed by atoms with E-state index in [9.17, 15) is 55.2 Å². The number of fused-ring (bicyclic) bond motifs is 5. The summed E-state index contributed by atoms with van der Waals surface area (Å²) in [7, 11) is 0. The predicted molar refractivity (Wildman–Crippen MR) is 333 cm³/mol. The van der Waals surface area contributed by atoms with E-state index in [1.54, 1.807) is 84.9 Å². The number of H-pyrrole nitrogens is 1. The lowest BCUT2D eigenvalue weighted by Gasteiger charge is -2.11. The van der Waals surface area contributed by atoms with Gasteiger partial charge in [-0.25, -0.2) is 40.7 Å². The van der Waals surface area contributed by atoms with E-state index >= 15 is 0 Å². The number of aromatic amines is 1. The topological polar surface area (TPSA) is 167 Å². The number of hydrogen-bond donors (Lipinski definition) is 2. The van der Waals surface area contributed by atoms with Gasteiger partial charge in [-0.1, -0.05) is 115 Å². The van der Waals surface area contributed by atoms with Gasteiger partial charge in [-0.15, -0.1) is 0 Å². The van der Waals surface area contributed by atoms with E-state index in [0.29, 0.717) is 70.0 Å². The van der Waals surface area contributed by atoms with Gasteiger partial charge in [-0.3, -0.25) is 29.1 Å². The van der Waals surface area contributed by atoms with Crippen LogP contribution in [0.15, 0.2) is 200 Å². The van der Waals surface area contributed by atoms with Crippen molar-refractivity contribution >= 4 is 130 Å². The minimum atomic E-state index is -1.13. The van der Waals surface area contributed by atoms with Crippen LogP contribution < -0.4 is 5.73 Å². The number of imidazole rings is 2. The van der Waals surface area contributed by atoms with Crippen LogP contribution in [0.5, 0.6) is 0 Å². The Morgan fingerprint density at radius 2 is 0.989 bits per heavy atom. The number of anilines is 1. The number of nitrogens with one attached hydrogen (secondary N) is 1. The second kappa shape index (κ2) is 28.0. The quantitative estimate of drug-likeness (QED) is 0.0414. The van der Waals surface area contributed by atoms with Crippen molar-refractivity contribution in [3.8, 4) is 22.8 Å². The third kappa shape index (κ3) is 14.3. The second-order valence-corrected chi connectivity index (χ2v) is 20.2. The number of nitrogens with two attached hydrogens (primary N) is 1. The highest BCUT2D eigenvalue weighted by Crippen LogP contribution is 2.35. The molecule has 2 heterocycles. The molecule has 13 rings (SSSR count). The lowest BCUT2D eigenvalue weighted by Crippen LogP contribution is -2.14. The summed E-state index contributed by atoms with van der Waals surface area (Å²) < 4.78 is 94.5. The fourth-order valence-corrected chi connectivity index (χ4v) is 9.54.